The van der Waals surface area contributed by atoms with Crippen LogP contribution in [0.15, 0.2) is 29.5 Å². The molecule has 0 amide bonds. The fraction of sp³-hybridized carbons (Fsp3) is 0.571. The first kappa shape index (κ1) is 13.4. The van der Waals surface area contributed by atoms with Gasteiger partial charge in [-0.25, -0.2) is 0 Å². The smallest absolute Gasteiger partial charge is 0.157 e. The molecular formula is C14H21N3S. The standard InChI is InChI=1S/C14H21N3S/c1-4-14(3)7-10-18-13(17-14)16-11(2)12-5-8-15-9-6-12/h5-6,8-9,11H,4,7,10H2,1-3H3,(H,16,17). The van der Waals surface area contributed by atoms with Crippen LogP contribution in [0, 0.1) is 0 Å². The maximum atomic E-state index is 4.79. The molecule has 1 aromatic rings. The summed E-state index contributed by atoms with van der Waals surface area (Å²) in [4.78, 5) is 8.83. The first-order chi connectivity index (χ1) is 8.63. The molecule has 0 spiro atoms. The minimum absolute atomic E-state index is 0.183. The predicted molar refractivity (Wildman–Crippen MR) is 79.0 cm³/mol. The van der Waals surface area contributed by atoms with Gasteiger partial charge in [-0.05, 0) is 44.4 Å². The predicted octanol–water partition coefficient (Wildman–Crippen LogP) is 3.39. The van der Waals surface area contributed by atoms with Gasteiger partial charge in [0.1, 0.15) is 0 Å². The second kappa shape index (κ2) is 5.74. The fourth-order valence-electron chi connectivity index (χ4n) is 1.96. The van der Waals surface area contributed by atoms with Gasteiger partial charge in [0.05, 0.1) is 6.04 Å². The Kier molecular flexibility index (Phi) is 4.27. The molecule has 3 nitrogen and oxygen atoms in total. The van der Waals surface area contributed by atoms with Gasteiger partial charge in [-0.15, -0.1) is 0 Å². The van der Waals surface area contributed by atoms with Crippen molar-refractivity contribution in [3.05, 3.63) is 30.1 Å². The Bertz CT molecular complexity index is 418. The summed E-state index contributed by atoms with van der Waals surface area (Å²) >= 11 is 1.83. The molecule has 1 N–H and O–H groups in total. The number of rotatable bonds is 3. The van der Waals surface area contributed by atoms with Crippen molar-refractivity contribution in [3.63, 3.8) is 0 Å². The molecule has 18 heavy (non-hydrogen) atoms. The lowest BCUT2D eigenvalue weighted by molar-refractivity contribution is 0.389. The molecule has 1 fully saturated rings. The number of aliphatic imine (C=N–C) groups is 1. The Balaban J connectivity index is 2.09. The van der Waals surface area contributed by atoms with Gasteiger partial charge in [-0.2, -0.15) is 0 Å². The number of hydrogen-bond donors (Lipinski definition) is 1. The van der Waals surface area contributed by atoms with E-state index in [1.54, 1.807) is 0 Å². The van der Waals surface area contributed by atoms with Crippen LogP contribution >= 0.6 is 11.8 Å². The van der Waals surface area contributed by atoms with Gasteiger partial charge >= 0.3 is 0 Å². The lowest BCUT2D eigenvalue weighted by Crippen LogP contribution is -2.48. The molecule has 0 bridgehead atoms. The van der Waals surface area contributed by atoms with Gasteiger partial charge < -0.3 is 5.32 Å². The van der Waals surface area contributed by atoms with E-state index in [1.165, 1.54) is 12.0 Å². The average molecular weight is 263 g/mol. The summed E-state index contributed by atoms with van der Waals surface area (Å²) < 4.78 is 0. The number of nitrogens with zero attached hydrogens (tertiary/aromatic N) is 2. The van der Waals surface area contributed by atoms with Crippen molar-refractivity contribution in [2.24, 2.45) is 4.99 Å². The van der Waals surface area contributed by atoms with Crippen molar-refractivity contribution in [2.45, 2.75) is 45.2 Å². The average Bonchev–Trinajstić information content (AvgIpc) is 2.40. The molecule has 0 saturated carbocycles. The SMILES string of the molecule is CCC1(C)CCSC(=NC(C)c2ccncc2)N1. The molecule has 98 valence electrons. The number of pyridine rings is 1. The third kappa shape index (κ3) is 3.25. The topological polar surface area (TPSA) is 37.3 Å². The van der Waals surface area contributed by atoms with Gasteiger partial charge in [0.2, 0.25) is 0 Å². The zero-order valence-corrected chi connectivity index (χ0v) is 12.1. The molecule has 0 aliphatic carbocycles. The van der Waals surface area contributed by atoms with Crippen LogP contribution in [0.25, 0.3) is 0 Å². The van der Waals surface area contributed by atoms with E-state index in [9.17, 15) is 0 Å². The molecule has 0 aromatic carbocycles. The second-order valence-corrected chi connectivity index (χ2v) is 6.11. The van der Waals surface area contributed by atoms with Crippen molar-refractivity contribution in [2.75, 3.05) is 5.75 Å². The molecule has 2 unspecified atom stereocenters. The summed E-state index contributed by atoms with van der Waals surface area (Å²) in [7, 11) is 0. The minimum atomic E-state index is 0.183. The van der Waals surface area contributed by atoms with E-state index in [-0.39, 0.29) is 11.6 Å². The van der Waals surface area contributed by atoms with Crippen molar-refractivity contribution in [1.29, 1.82) is 0 Å². The van der Waals surface area contributed by atoms with Gasteiger partial charge in [-0.1, -0.05) is 18.7 Å². The van der Waals surface area contributed by atoms with E-state index >= 15 is 0 Å². The molecule has 0 radical (unpaired) electrons. The van der Waals surface area contributed by atoms with Crippen LogP contribution in [0.1, 0.15) is 45.2 Å². The second-order valence-electron chi connectivity index (χ2n) is 5.03. The highest BCUT2D eigenvalue weighted by Gasteiger charge is 2.27. The monoisotopic (exact) mass is 263 g/mol. The van der Waals surface area contributed by atoms with Crippen molar-refractivity contribution >= 4 is 16.9 Å². The normalized spacial score (nSPS) is 27.8. The Morgan fingerprint density at radius 1 is 1.50 bits per heavy atom. The number of thioether (sulfide) groups is 1. The third-order valence-corrected chi connectivity index (χ3v) is 4.47. The Morgan fingerprint density at radius 3 is 2.89 bits per heavy atom. The molecule has 1 aromatic heterocycles. The molecule has 1 aliphatic heterocycles. The van der Waals surface area contributed by atoms with Gasteiger partial charge in [0.25, 0.3) is 0 Å². The third-order valence-electron chi connectivity index (χ3n) is 3.58. The Labute approximate surface area is 113 Å². The minimum Gasteiger partial charge on any atom is -0.360 e. The maximum absolute atomic E-state index is 4.79. The Morgan fingerprint density at radius 2 is 2.22 bits per heavy atom. The van der Waals surface area contributed by atoms with E-state index in [2.05, 4.69) is 31.1 Å². The van der Waals surface area contributed by atoms with E-state index in [1.807, 2.05) is 36.3 Å². The summed E-state index contributed by atoms with van der Waals surface area (Å²) in [5, 5.41) is 4.66. The van der Waals surface area contributed by atoms with Crippen LogP contribution in [0.2, 0.25) is 0 Å². The van der Waals surface area contributed by atoms with Crippen LogP contribution in [0.5, 0.6) is 0 Å². The molecule has 4 heteroatoms. The van der Waals surface area contributed by atoms with Crippen molar-refractivity contribution in [1.82, 2.24) is 10.3 Å². The molecule has 1 saturated heterocycles. The van der Waals surface area contributed by atoms with Crippen molar-refractivity contribution < 1.29 is 0 Å². The number of hydrogen-bond acceptors (Lipinski definition) is 3. The highest BCUT2D eigenvalue weighted by molar-refractivity contribution is 8.13. The van der Waals surface area contributed by atoms with Crippen LogP contribution in [-0.4, -0.2) is 21.4 Å². The molecule has 2 rings (SSSR count). The highest BCUT2D eigenvalue weighted by Crippen LogP contribution is 2.26. The van der Waals surface area contributed by atoms with Crippen LogP contribution in [-0.2, 0) is 0 Å². The number of nitrogens with one attached hydrogen (secondary N) is 1. The summed E-state index contributed by atoms with van der Waals surface area (Å²) in [5.74, 6) is 1.15. The first-order valence-electron chi connectivity index (χ1n) is 6.52. The van der Waals surface area contributed by atoms with E-state index < -0.39 is 0 Å². The van der Waals surface area contributed by atoms with Crippen LogP contribution in [0.4, 0.5) is 0 Å². The zero-order valence-electron chi connectivity index (χ0n) is 11.3. The highest BCUT2D eigenvalue weighted by atomic mass is 32.2. The molecular weight excluding hydrogens is 242 g/mol. The van der Waals surface area contributed by atoms with Gasteiger partial charge in [-0.3, -0.25) is 9.98 Å². The fourth-order valence-corrected chi connectivity index (χ4v) is 3.25. The summed E-state index contributed by atoms with van der Waals surface area (Å²) in [5.41, 5.74) is 1.42. The summed E-state index contributed by atoms with van der Waals surface area (Å²) in [6, 6.07) is 4.24. The molecule has 1 aliphatic rings. The van der Waals surface area contributed by atoms with Gasteiger partial charge in [0, 0.05) is 23.7 Å². The maximum Gasteiger partial charge on any atom is 0.157 e. The zero-order chi connectivity index (χ0) is 13.0. The lowest BCUT2D eigenvalue weighted by atomic mass is 9.96. The van der Waals surface area contributed by atoms with E-state index in [4.69, 9.17) is 4.99 Å². The quantitative estimate of drug-likeness (QED) is 0.908. The number of amidine groups is 1. The summed E-state index contributed by atoms with van der Waals surface area (Å²) in [6.07, 6.45) is 5.99. The molecule has 2 heterocycles. The lowest BCUT2D eigenvalue weighted by Gasteiger charge is -2.35. The van der Waals surface area contributed by atoms with Crippen LogP contribution < -0.4 is 5.32 Å². The summed E-state index contributed by atoms with van der Waals surface area (Å²) in [6.45, 7) is 6.63. The Hall–Kier alpha value is -1.03. The molecule has 2 atom stereocenters. The van der Waals surface area contributed by atoms with E-state index in [0.717, 1.165) is 17.3 Å². The van der Waals surface area contributed by atoms with E-state index in [0.29, 0.717) is 0 Å². The largest absolute Gasteiger partial charge is 0.360 e. The number of aromatic nitrogens is 1. The van der Waals surface area contributed by atoms with Gasteiger partial charge in [0.15, 0.2) is 5.17 Å². The first-order valence-corrected chi connectivity index (χ1v) is 7.50. The van der Waals surface area contributed by atoms with Crippen molar-refractivity contribution in [3.8, 4) is 0 Å². The van der Waals surface area contributed by atoms with Crippen LogP contribution in [0.3, 0.4) is 0 Å².